The highest BCUT2D eigenvalue weighted by Gasteiger charge is 2.24. The number of carbonyl (C=O) groups excluding carboxylic acids is 1. The Morgan fingerprint density at radius 1 is 1.43 bits per heavy atom. The fourth-order valence-electron chi connectivity index (χ4n) is 1.63. The Hall–Kier alpha value is -1.67. The molecule has 116 valence electrons. The average Bonchev–Trinajstić information content (AvgIpc) is 2.35. The quantitative estimate of drug-likeness (QED) is 0.475. The molecule has 0 aromatic heterocycles. The van der Waals surface area contributed by atoms with Crippen molar-refractivity contribution in [1.29, 1.82) is 0 Å². The van der Waals surface area contributed by atoms with E-state index >= 15 is 0 Å². The van der Waals surface area contributed by atoms with E-state index in [0.29, 0.717) is 4.47 Å². The summed E-state index contributed by atoms with van der Waals surface area (Å²) >= 11 is 3.13. The van der Waals surface area contributed by atoms with Crippen molar-refractivity contribution in [2.24, 2.45) is 0 Å². The van der Waals surface area contributed by atoms with E-state index in [-0.39, 0.29) is 23.1 Å². The number of hydrogen-bond acceptors (Lipinski definition) is 6. The van der Waals surface area contributed by atoms with Gasteiger partial charge in [0.25, 0.3) is 0 Å². The van der Waals surface area contributed by atoms with E-state index in [9.17, 15) is 20.0 Å². The first kappa shape index (κ1) is 17.4. The molecular weight excluding hydrogens is 346 g/mol. The van der Waals surface area contributed by atoms with Gasteiger partial charge in [0, 0.05) is 16.1 Å². The molecule has 0 amide bonds. The molecule has 0 radical (unpaired) electrons. The number of rotatable bonds is 6. The highest BCUT2D eigenvalue weighted by atomic mass is 79.9. The third kappa shape index (κ3) is 4.98. The monoisotopic (exact) mass is 361 g/mol. The van der Waals surface area contributed by atoms with Crippen LogP contribution in [-0.2, 0) is 9.53 Å². The van der Waals surface area contributed by atoms with Crippen LogP contribution >= 0.6 is 15.9 Å². The summed E-state index contributed by atoms with van der Waals surface area (Å²) in [6, 6.07) is 2.75. The van der Waals surface area contributed by atoms with Crippen LogP contribution < -0.4 is 4.74 Å². The molecular formula is C13H16BrNO6. The SMILES string of the molecule is CC(C)OC(=O)COc1c(C(C)O)cc(Br)cc1[N+](=O)[O-]. The zero-order chi connectivity index (χ0) is 16.2. The molecule has 1 unspecified atom stereocenters. The predicted octanol–water partition coefficient (Wildman–Crippen LogP) is 2.74. The zero-order valence-corrected chi connectivity index (χ0v) is 13.4. The summed E-state index contributed by atoms with van der Waals surface area (Å²) in [6.45, 7) is 4.34. The van der Waals surface area contributed by atoms with E-state index in [1.54, 1.807) is 13.8 Å². The van der Waals surface area contributed by atoms with Crippen LogP contribution in [0.25, 0.3) is 0 Å². The van der Waals surface area contributed by atoms with Gasteiger partial charge in [0.05, 0.1) is 17.1 Å². The van der Waals surface area contributed by atoms with Crippen molar-refractivity contribution in [3.63, 3.8) is 0 Å². The van der Waals surface area contributed by atoms with Crippen molar-refractivity contribution in [1.82, 2.24) is 0 Å². The van der Waals surface area contributed by atoms with Crippen LogP contribution in [0.3, 0.4) is 0 Å². The van der Waals surface area contributed by atoms with Gasteiger partial charge >= 0.3 is 11.7 Å². The molecule has 0 fully saturated rings. The largest absolute Gasteiger partial charge is 0.475 e. The Labute approximate surface area is 130 Å². The number of benzene rings is 1. The first-order valence-corrected chi connectivity index (χ1v) is 6.99. The summed E-state index contributed by atoms with van der Waals surface area (Å²) in [5.74, 6) is -0.780. The highest BCUT2D eigenvalue weighted by Crippen LogP contribution is 2.37. The molecule has 0 aliphatic rings. The van der Waals surface area contributed by atoms with Gasteiger partial charge in [-0.15, -0.1) is 0 Å². The van der Waals surface area contributed by atoms with Crippen molar-refractivity contribution < 1.29 is 24.3 Å². The number of nitrogens with zero attached hydrogens (tertiary/aromatic N) is 1. The van der Waals surface area contributed by atoms with Crippen LogP contribution in [0.5, 0.6) is 5.75 Å². The first-order valence-electron chi connectivity index (χ1n) is 6.20. The van der Waals surface area contributed by atoms with Gasteiger partial charge in [0.15, 0.2) is 6.61 Å². The standard InChI is InChI=1S/C13H16BrNO6/c1-7(2)21-12(17)6-20-13-10(8(3)16)4-9(14)5-11(13)15(18)19/h4-5,7-8,16H,6H2,1-3H3. The molecule has 7 nitrogen and oxygen atoms in total. The average molecular weight is 362 g/mol. The second-order valence-electron chi connectivity index (χ2n) is 4.60. The topological polar surface area (TPSA) is 98.9 Å². The van der Waals surface area contributed by atoms with Crippen molar-refractivity contribution >= 4 is 27.6 Å². The lowest BCUT2D eigenvalue weighted by atomic mass is 10.1. The molecule has 8 heteroatoms. The van der Waals surface area contributed by atoms with Crippen LogP contribution in [0.1, 0.15) is 32.4 Å². The Bertz CT molecular complexity index is 544. The van der Waals surface area contributed by atoms with Crippen LogP contribution in [0, 0.1) is 10.1 Å². The Kier molecular flexibility index (Phi) is 6.10. The molecule has 0 heterocycles. The van der Waals surface area contributed by atoms with E-state index in [2.05, 4.69) is 15.9 Å². The third-order valence-electron chi connectivity index (χ3n) is 2.41. The van der Waals surface area contributed by atoms with Gasteiger partial charge in [-0.1, -0.05) is 15.9 Å². The molecule has 0 saturated carbocycles. The normalized spacial score (nSPS) is 12.1. The molecule has 0 aliphatic carbocycles. The lowest BCUT2D eigenvalue weighted by Gasteiger charge is -2.14. The lowest BCUT2D eigenvalue weighted by Crippen LogP contribution is -2.19. The predicted molar refractivity (Wildman–Crippen MR) is 78.2 cm³/mol. The number of esters is 1. The van der Waals surface area contributed by atoms with Crippen molar-refractivity contribution in [2.45, 2.75) is 33.0 Å². The molecule has 0 bridgehead atoms. The smallest absolute Gasteiger partial charge is 0.344 e. The Balaban J connectivity index is 3.08. The minimum atomic E-state index is -0.989. The van der Waals surface area contributed by atoms with Gasteiger partial charge in [-0.25, -0.2) is 4.79 Å². The van der Waals surface area contributed by atoms with Gasteiger partial charge in [0.2, 0.25) is 5.75 Å². The molecule has 1 atom stereocenters. The summed E-state index contributed by atoms with van der Waals surface area (Å²) in [4.78, 5) is 21.9. The summed E-state index contributed by atoms with van der Waals surface area (Å²) in [7, 11) is 0. The van der Waals surface area contributed by atoms with Crippen molar-refractivity contribution in [3.05, 3.63) is 32.3 Å². The number of carbonyl (C=O) groups is 1. The van der Waals surface area contributed by atoms with Gasteiger partial charge in [-0.05, 0) is 26.8 Å². The van der Waals surface area contributed by atoms with Gasteiger partial charge in [-0.3, -0.25) is 10.1 Å². The maximum atomic E-state index is 11.5. The molecule has 1 N–H and O–H groups in total. The third-order valence-corrected chi connectivity index (χ3v) is 2.87. The van der Waals surface area contributed by atoms with E-state index in [4.69, 9.17) is 9.47 Å². The van der Waals surface area contributed by atoms with Crippen molar-refractivity contribution in [3.8, 4) is 5.75 Å². The fourth-order valence-corrected chi connectivity index (χ4v) is 2.09. The molecule has 21 heavy (non-hydrogen) atoms. The van der Waals surface area contributed by atoms with Gasteiger partial charge in [0.1, 0.15) is 0 Å². The maximum absolute atomic E-state index is 11.5. The molecule has 1 aromatic carbocycles. The molecule has 0 spiro atoms. The summed E-state index contributed by atoms with van der Waals surface area (Å²) < 4.78 is 10.5. The number of nitro benzene ring substituents is 1. The Morgan fingerprint density at radius 2 is 2.05 bits per heavy atom. The zero-order valence-electron chi connectivity index (χ0n) is 11.8. The first-order chi connectivity index (χ1) is 9.72. The Morgan fingerprint density at radius 3 is 2.52 bits per heavy atom. The number of aliphatic hydroxyl groups excluding tert-OH is 1. The van der Waals surface area contributed by atoms with Crippen LogP contribution in [0.2, 0.25) is 0 Å². The number of ether oxygens (including phenoxy) is 2. The van der Waals surface area contributed by atoms with E-state index in [1.807, 2.05) is 0 Å². The number of hydrogen-bond donors (Lipinski definition) is 1. The molecule has 1 rings (SSSR count). The fraction of sp³-hybridized carbons (Fsp3) is 0.462. The summed E-state index contributed by atoms with van der Waals surface area (Å²) in [5, 5.41) is 20.8. The highest BCUT2D eigenvalue weighted by molar-refractivity contribution is 9.10. The summed E-state index contributed by atoms with van der Waals surface area (Å²) in [6.07, 6.45) is -1.30. The number of halogens is 1. The van der Waals surface area contributed by atoms with Crippen LogP contribution in [0.15, 0.2) is 16.6 Å². The number of nitro groups is 1. The summed E-state index contributed by atoms with van der Waals surface area (Å²) in [5.41, 5.74) is -0.119. The minimum absolute atomic E-state index is 0.140. The van der Waals surface area contributed by atoms with Crippen LogP contribution in [-0.4, -0.2) is 28.7 Å². The van der Waals surface area contributed by atoms with Crippen molar-refractivity contribution in [2.75, 3.05) is 6.61 Å². The second-order valence-corrected chi connectivity index (χ2v) is 5.52. The molecule has 0 saturated heterocycles. The van der Waals surface area contributed by atoms with Crippen LogP contribution in [0.4, 0.5) is 5.69 Å². The minimum Gasteiger partial charge on any atom is -0.475 e. The van der Waals surface area contributed by atoms with E-state index < -0.39 is 23.6 Å². The lowest BCUT2D eigenvalue weighted by molar-refractivity contribution is -0.386. The van der Waals surface area contributed by atoms with E-state index in [0.717, 1.165) is 0 Å². The van der Waals surface area contributed by atoms with Gasteiger partial charge < -0.3 is 14.6 Å². The molecule has 1 aromatic rings. The molecule has 0 aliphatic heterocycles. The second kappa shape index (κ2) is 7.37. The van der Waals surface area contributed by atoms with Gasteiger partial charge in [-0.2, -0.15) is 0 Å². The number of aliphatic hydroxyl groups is 1. The van der Waals surface area contributed by atoms with E-state index in [1.165, 1.54) is 19.1 Å². The maximum Gasteiger partial charge on any atom is 0.344 e.